The van der Waals surface area contributed by atoms with Crippen LogP contribution in [0.4, 0.5) is 5.69 Å². The van der Waals surface area contributed by atoms with Crippen molar-refractivity contribution in [1.82, 2.24) is 9.55 Å². The molecule has 0 aliphatic rings. The van der Waals surface area contributed by atoms with Crippen LogP contribution in [0.1, 0.15) is 40.8 Å². The first-order chi connectivity index (χ1) is 15.2. The Morgan fingerprint density at radius 3 is 2.62 bits per heavy atom. The highest BCUT2D eigenvalue weighted by Gasteiger charge is 2.13. The number of anilines is 1. The van der Waals surface area contributed by atoms with Crippen molar-refractivity contribution in [3.63, 3.8) is 0 Å². The Bertz CT molecular complexity index is 1190. The molecule has 1 amide bonds. The summed E-state index contributed by atoms with van der Waals surface area (Å²) in [6.45, 7) is 5.94. The van der Waals surface area contributed by atoms with Gasteiger partial charge in [0.15, 0.2) is 5.16 Å². The first-order valence-corrected chi connectivity index (χ1v) is 11.9. The summed E-state index contributed by atoms with van der Waals surface area (Å²) in [6.07, 6.45) is 1.61. The summed E-state index contributed by atoms with van der Waals surface area (Å²) in [5.74, 6) is 0.692. The largest absolute Gasteiger partial charge is 0.326 e. The molecule has 0 fully saturated rings. The molecule has 0 radical (unpaired) electrons. The van der Waals surface area contributed by atoms with E-state index in [1.807, 2.05) is 63.2 Å². The Hall–Kier alpha value is -2.57. The van der Waals surface area contributed by atoms with Crippen molar-refractivity contribution in [2.45, 2.75) is 45.2 Å². The van der Waals surface area contributed by atoms with Crippen molar-refractivity contribution in [3.05, 3.63) is 85.8 Å². The average molecular weight is 470 g/mol. The highest BCUT2D eigenvalue weighted by atomic mass is 35.5. The Balaban J connectivity index is 1.56. The van der Waals surface area contributed by atoms with Crippen LogP contribution in [0.2, 0.25) is 5.02 Å². The molecule has 3 aromatic rings. The van der Waals surface area contributed by atoms with E-state index in [1.165, 1.54) is 17.3 Å². The number of hydrogen-bond acceptors (Lipinski definition) is 4. The number of rotatable bonds is 8. The van der Waals surface area contributed by atoms with Gasteiger partial charge in [-0.3, -0.25) is 14.2 Å². The highest BCUT2D eigenvalue weighted by Crippen LogP contribution is 2.20. The fraction of sp³-hybridized carbons (Fsp3) is 0.320. The number of aryl methyl sites for hydroxylation is 3. The van der Waals surface area contributed by atoms with E-state index < -0.39 is 0 Å². The number of benzene rings is 2. The molecule has 0 bridgehead atoms. The van der Waals surface area contributed by atoms with E-state index in [9.17, 15) is 9.59 Å². The van der Waals surface area contributed by atoms with Crippen molar-refractivity contribution in [2.75, 3.05) is 11.1 Å². The van der Waals surface area contributed by atoms with E-state index in [1.54, 1.807) is 11.6 Å². The molecule has 0 aliphatic carbocycles. The van der Waals surface area contributed by atoms with Crippen LogP contribution < -0.4 is 10.9 Å². The predicted molar refractivity (Wildman–Crippen MR) is 133 cm³/mol. The maximum absolute atomic E-state index is 12.9. The van der Waals surface area contributed by atoms with Gasteiger partial charge in [-0.05, 0) is 68.1 Å². The number of hydrogen-bond donors (Lipinski definition) is 1. The summed E-state index contributed by atoms with van der Waals surface area (Å²) in [6, 6.07) is 13.4. The minimum atomic E-state index is -0.0486. The molecule has 1 aromatic heterocycles. The molecule has 2 aromatic carbocycles. The lowest BCUT2D eigenvalue weighted by Gasteiger charge is -2.12. The number of nitrogens with one attached hydrogen (secondary N) is 1. The van der Waals surface area contributed by atoms with Crippen molar-refractivity contribution in [3.8, 4) is 0 Å². The molecular formula is C25H28ClN3O2S. The molecule has 1 N–H and O–H groups in total. The van der Waals surface area contributed by atoms with Gasteiger partial charge in [-0.15, -0.1) is 0 Å². The van der Waals surface area contributed by atoms with E-state index in [0.717, 1.165) is 22.5 Å². The second-order valence-electron chi connectivity index (χ2n) is 7.93. The molecule has 0 saturated heterocycles. The van der Waals surface area contributed by atoms with E-state index in [0.29, 0.717) is 40.8 Å². The Labute approximate surface area is 198 Å². The van der Waals surface area contributed by atoms with Crippen LogP contribution in [-0.2, 0) is 18.3 Å². The van der Waals surface area contributed by atoms with E-state index in [4.69, 9.17) is 11.6 Å². The lowest BCUT2D eigenvalue weighted by Crippen LogP contribution is -2.25. The van der Waals surface area contributed by atoms with Gasteiger partial charge in [0.25, 0.3) is 5.56 Å². The predicted octanol–water partition coefficient (Wildman–Crippen LogP) is 5.46. The highest BCUT2D eigenvalue weighted by molar-refractivity contribution is 7.99. The zero-order chi connectivity index (χ0) is 23.3. The third-order valence-electron chi connectivity index (χ3n) is 5.39. The lowest BCUT2D eigenvalue weighted by molar-refractivity contribution is -0.116. The second kappa shape index (κ2) is 10.8. The van der Waals surface area contributed by atoms with Crippen molar-refractivity contribution < 1.29 is 4.79 Å². The first kappa shape index (κ1) is 24.1. The fourth-order valence-corrected chi connectivity index (χ4v) is 4.51. The number of carbonyl (C=O) groups excluding carboxylic acids is 1. The summed E-state index contributed by atoms with van der Waals surface area (Å²) < 4.78 is 1.59. The topological polar surface area (TPSA) is 64.0 Å². The number of nitrogens with zero attached hydrogens (tertiary/aromatic N) is 2. The number of aromatic nitrogens is 2. The van der Waals surface area contributed by atoms with Crippen LogP contribution in [0.15, 0.2) is 52.4 Å². The van der Waals surface area contributed by atoms with Gasteiger partial charge in [-0.25, -0.2) is 4.98 Å². The molecule has 7 heteroatoms. The smallest absolute Gasteiger partial charge is 0.257 e. The minimum absolute atomic E-state index is 0.0104. The van der Waals surface area contributed by atoms with Crippen LogP contribution in [0.25, 0.3) is 0 Å². The standard InChI is InChI=1S/C25H28ClN3O2S/c1-16-10-11-21(13-17(16)2)28-23(30)9-6-12-32-25-27-18(3)22(24(31)29(25)4)15-19-7-5-8-20(26)14-19/h5,7-8,10-11,13-14H,6,9,12,15H2,1-4H3,(H,28,30). The maximum atomic E-state index is 12.9. The molecule has 32 heavy (non-hydrogen) atoms. The summed E-state index contributed by atoms with van der Waals surface area (Å²) in [5, 5.41) is 4.26. The van der Waals surface area contributed by atoms with Gasteiger partial charge in [-0.1, -0.05) is 41.6 Å². The van der Waals surface area contributed by atoms with Crippen molar-refractivity contribution >= 4 is 35.0 Å². The molecule has 1 heterocycles. The number of thioether (sulfide) groups is 1. The van der Waals surface area contributed by atoms with Gasteiger partial charge < -0.3 is 5.32 Å². The normalized spacial score (nSPS) is 10.9. The summed E-state index contributed by atoms with van der Waals surface area (Å²) in [7, 11) is 1.74. The van der Waals surface area contributed by atoms with Crippen LogP contribution in [0.5, 0.6) is 0 Å². The van der Waals surface area contributed by atoms with Crippen LogP contribution >= 0.6 is 23.4 Å². The lowest BCUT2D eigenvalue weighted by atomic mass is 10.1. The van der Waals surface area contributed by atoms with Crippen LogP contribution in [0.3, 0.4) is 0 Å². The number of amides is 1. The van der Waals surface area contributed by atoms with Gasteiger partial charge in [0, 0.05) is 47.6 Å². The molecule has 5 nitrogen and oxygen atoms in total. The first-order valence-electron chi connectivity index (χ1n) is 10.6. The quantitative estimate of drug-likeness (QED) is 0.270. The second-order valence-corrected chi connectivity index (χ2v) is 9.43. The van der Waals surface area contributed by atoms with Crippen LogP contribution in [-0.4, -0.2) is 21.2 Å². The zero-order valence-electron chi connectivity index (χ0n) is 18.9. The van der Waals surface area contributed by atoms with Crippen molar-refractivity contribution in [2.24, 2.45) is 7.05 Å². The zero-order valence-corrected chi connectivity index (χ0v) is 20.4. The van der Waals surface area contributed by atoms with E-state index in [2.05, 4.69) is 10.3 Å². The molecule has 3 rings (SSSR count). The molecule has 0 spiro atoms. The summed E-state index contributed by atoms with van der Waals surface area (Å²) >= 11 is 7.56. The average Bonchev–Trinajstić information content (AvgIpc) is 2.74. The van der Waals surface area contributed by atoms with Gasteiger partial charge in [-0.2, -0.15) is 0 Å². The number of halogens is 1. The van der Waals surface area contributed by atoms with E-state index in [-0.39, 0.29) is 11.5 Å². The van der Waals surface area contributed by atoms with E-state index >= 15 is 0 Å². The monoisotopic (exact) mass is 469 g/mol. The minimum Gasteiger partial charge on any atom is -0.326 e. The summed E-state index contributed by atoms with van der Waals surface area (Å²) in [4.78, 5) is 29.8. The fourth-order valence-electron chi connectivity index (χ4n) is 3.35. The third kappa shape index (κ3) is 6.24. The number of carbonyl (C=O) groups is 1. The van der Waals surface area contributed by atoms with Crippen LogP contribution in [0, 0.1) is 20.8 Å². The Morgan fingerprint density at radius 1 is 1.12 bits per heavy atom. The Kier molecular flexibility index (Phi) is 8.15. The molecule has 168 valence electrons. The molecule has 0 atom stereocenters. The van der Waals surface area contributed by atoms with Crippen molar-refractivity contribution in [1.29, 1.82) is 0 Å². The molecule has 0 unspecified atom stereocenters. The van der Waals surface area contributed by atoms with Gasteiger partial charge in [0.1, 0.15) is 0 Å². The molecule has 0 saturated carbocycles. The Morgan fingerprint density at radius 2 is 1.91 bits per heavy atom. The van der Waals surface area contributed by atoms with Gasteiger partial charge in [0.05, 0.1) is 0 Å². The SMILES string of the molecule is Cc1ccc(NC(=O)CCCSc2nc(C)c(Cc3cccc(Cl)c3)c(=O)n2C)cc1C. The molecular weight excluding hydrogens is 442 g/mol. The third-order valence-corrected chi connectivity index (χ3v) is 6.74. The maximum Gasteiger partial charge on any atom is 0.257 e. The van der Waals surface area contributed by atoms with Gasteiger partial charge in [0.2, 0.25) is 5.91 Å². The summed E-state index contributed by atoms with van der Waals surface area (Å²) in [5.41, 5.74) is 5.50. The van der Waals surface area contributed by atoms with Gasteiger partial charge >= 0.3 is 0 Å². The molecule has 0 aliphatic heterocycles.